The fourth-order valence-corrected chi connectivity index (χ4v) is 2.89. The van der Waals surface area contributed by atoms with Crippen molar-refractivity contribution in [2.24, 2.45) is 0 Å². The lowest BCUT2D eigenvalue weighted by Crippen LogP contribution is -2.51. The topological polar surface area (TPSA) is 83.4 Å². The molecule has 1 aromatic heterocycles. The summed E-state index contributed by atoms with van der Waals surface area (Å²) in [5.41, 5.74) is 1.15. The van der Waals surface area contributed by atoms with Crippen LogP contribution in [0.2, 0.25) is 0 Å². The Balaban J connectivity index is 1.54. The van der Waals surface area contributed by atoms with Crippen LogP contribution in [0.25, 0.3) is 5.69 Å². The summed E-state index contributed by atoms with van der Waals surface area (Å²) in [4.78, 5) is 29.7. The first-order valence-corrected chi connectivity index (χ1v) is 8.81. The summed E-state index contributed by atoms with van der Waals surface area (Å²) in [6.45, 7) is 6.74. The fourth-order valence-electron chi connectivity index (χ4n) is 2.89. The van der Waals surface area contributed by atoms with Crippen LogP contribution in [0.4, 0.5) is 0 Å². The SMILES string of the molecule is CC(C)NC(=O)CN1CCN(C(=O)c2cnn(-c3ccccc3)n2)CC1. The Kier molecular flexibility index (Phi) is 5.62. The molecule has 1 saturated heterocycles. The van der Waals surface area contributed by atoms with Crippen LogP contribution in [-0.2, 0) is 4.79 Å². The fraction of sp³-hybridized carbons (Fsp3) is 0.444. The van der Waals surface area contributed by atoms with E-state index in [1.165, 1.54) is 11.0 Å². The second-order valence-corrected chi connectivity index (χ2v) is 6.65. The maximum absolute atomic E-state index is 12.6. The highest BCUT2D eigenvalue weighted by Gasteiger charge is 2.25. The number of benzene rings is 1. The maximum Gasteiger partial charge on any atom is 0.276 e. The Morgan fingerprint density at radius 1 is 1.12 bits per heavy atom. The number of carbonyl (C=O) groups is 2. The summed E-state index contributed by atoms with van der Waals surface area (Å²) in [7, 11) is 0. The first kappa shape index (κ1) is 18.1. The molecule has 26 heavy (non-hydrogen) atoms. The summed E-state index contributed by atoms with van der Waals surface area (Å²) in [6.07, 6.45) is 1.50. The number of piperazine rings is 1. The third-order valence-corrected chi connectivity index (χ3v) is 4.17. The van der Waals surface area contributed by atoms with Gasteiger partial charge in [0, 0.05) is 32.2 Å². The van der Waals surface area contributed by atoms with Crippen molar-refractivity contribution < 1.29 is 9.59 Å². The molecule has 2 amide bonds. The van der Waals surface area contributed by atoms with Gasteiger partial charge in [-0.3, -0.25) is 14.5 Å². The van der Waals surface area contributed by atoms with Gasteiger partial charge in [-0.15, -0.1) is 5.10 Å². The number of nitrogens with zero attached hydrogens (tertiary/aromatic N) is 5. The van der Waals surface area contributed by atoms with Gasteiger partial charge in [0.25, 0.3) is 5.91 Å². The monoisotopic (exact) mass is 356 g/mol. The molecule has 3 rings (SSSR count). The summed E-state index contributed by atoms with van der Waals surface area (Å²) in [5.74, 6) is -0.107. The number of aromatic nitrogens is 3. The Morgan fingerprint density at radius 3 is 2.46 bits per heavy atom. The van der Waals surface area contributed by atoms with Gasteiger partial charge >= 0.3 is 0 Å². The molecule has 0 bridgehead atoms. The van der Waals surface area contributed by atoms with Crippen LogP contribution in [0, 0.1) is 0 Å². The van der Waals surface area contributed by atoms with Gasteiger partial charge in [-0.2, -0.15) is 9.90 Å². The quantitative estimate of drug-likeness (QED) is 0.846. The van der Waals surface area contributed by atoms with Gasteiger partial charge in [0.15, 0.2) is 5.69 Å². The Hall–Kier alpha value is -2.74. The van der Waals surface area contributed by atoms with Crippen molar-refractivity contribution in [3.63, 3.8) is 0 Å². The lowest BCUT2D eigenvalue weighted by Gasteiger charge is -2.34. The van der Waals surface area contributed by atoms with Crippen molar-refractivity contribution in [3.05, 3.63) is 42.2 Å². The van der Waals surface area contributed by atoms with Crippen LogP contribution in [-0.4, -0.2) is 75.4 Å². The lowest BCUT2D eigenvalue weighted by molar-refractivity contribution is -0.123. The van der Waals surface area contributed by atoms with Crippen molar-refractivity contribution in [1.82, 2.24) is 30.1 Å². The van der Waals surface area contributed by atoms with Gasteiger partial charge < -0.3 is 10.2 Å². The summed E-state index contributed by atoms with van der Waals surface area (Å²) in [5, 5.41) is 11.4. The summed E-state index contributed by atoms with van der Waals surface area (Å²) in [6, 6.07) is 9.62. The lowest BCUT2D eigenvalue weighted by atomic mass is 10.2. The van der Waals surface area contributed by atoms with Gasteiger partial charge in [-0.1, -0.05) is 18.2 Å². The van der Waals surface area contributed by atoms with Crippen molar-refractivity contribution in [2.45, 2.75) is 19.9 Å². The van der Waals surface area contributed by atoms with Gasteiger partial charge in [0.2, 0.25) is 5.91 Å². The van der Waals surface area contributed by atoms with Crippen LogP contribution in [0.1, 0.15) is 24.3 Å². The predicted molar refractivity (Wildman–Crippen MR) is 97.0 cm³/mol. The van der Waals surface area contributed by atoms with E-state index in [4.69, 9.17) is 0 Å². The maximum atomic E-state index is 12.6. The van der Waals surface area contributed by atoms with E-state index in [1.807, 2.05) is 44.2 Å². The van der Waals surface area contributed by atoms with Crippen molar-refractivity contribution in [1.29, 1.82) is 0 Å². The molecule has 1 N–H and O–H groups in total. The molecule has 8 heteroatoms. The van der Waals surface area contributed by atoms with E-state index in [1.54, 1.807) is 4.90 Å². The van der Waals surface area contributed by atoms with E-state index >= 15 is 0 Å². The third-order valence-electron chi connectivity index (χ3n) is 4.17. The van der Waals surface area contributed by atoms with E-state index in [2.05, 4.69) is 20.4 Å². The van der Waals surface area contributed by atoms with Crippen molar-refractivity contribution in [3.8, 4) is 5.69 Å². The number of amides is 2. The zero-order valence-corrected chi connectivity index (χ0v) is 15.1. The van der Waals surface area contributed by atoms with E-state index in [0.29, 0.717) is 38.4 Å². The molecule has 0 unspecified atom stereocenters. The van der Waals surface area contributed by atoms with E-state index in [9.17, 15) is 9.59 Å². The second kappa shape index (κ2) is 8.09. The van der Waals surface area contributed by atoms with E-state index < -0.39 is 0 Å². The Labute approximate surface area is 152 Å². The first-order chi connectivity index (χ1) is 12.5. The second-order valence-electron chi connectivity index (χ2n) is 6.65. The average Bonchev–Trinajstić information content (AvgIpc) is 3.12. The zero-order chi connectivity index (χ0) is 18.5. The van der Waals surface area contributed by atoms with Crippen LogP contribution in [0.15, 0.2) is 36.5 Å². The first-order valence-electron chi connectivity index (χ1n) is 8.81. The number of carbonyl (C=O) groups excluding carboxylic acids is 2. The molecular formula is C18H24N6O2. The van der Waals surface area contributed by atoms with Gasteiger partial charge in [-0.25, -0.2) is 0 Å². The predicted octanol–water partition coefficient (Wildman–Crippen LogP) is 0.550. The zero-order valence-electron chi connectivity index (χ0n) is 15.1. The molecule has 1 aliphatic heterocycles. The summed E-state index contributed by atoms with van der Waals surface area (Å²) >= 11 is 0. The molecule has 1 aromatic carbocycles. The molecule has 2 aromatic rings. The highest BCUT2D eigenvalue weighted by atomic mass is 16.2. The number of rotatable bonds is 5. The Morgan fingerprint density at radius 2 is 1.81 bits per heavy atom. The molecule has 2 heterocycles. The largest absolute Gasteiger partial charge is 0.353 e. The highest BCUT2D eigenvalue weighted by molar-refractivity contribution is 5.92. The minimum absolute atomic E-state index is 0.0191. The molecule has 0 atom stereocenters. The number of hydrogen-bond donors (Lipinski definition) is 1. The smallest absolute Gasteiger partial charge is 0.276 e. The van der Waals surface area contributed by atoms with Crippen LogP contribution < -0.4 is 5.32 Å². The molecule has 0 saturated carbocycles. The molecule has 8 nitrogen and oxygen atoms in total. The van der Waals surface area contributed by atoms with Crippen LogP contribution in [0.3, 0.4) is 0 Å². The van der Waals surface area contributed by atoms with Gasteiger partial charge in [0.1, 0.15) is 0 Å². The molecule has 0 aliphatic carbocycles. The standard InChI is InChI=1S/C18H24N6O2/c1-14(2)20-17(25)13-22-8-10-23(11-9-22)18(26)16-12-19-24(21-16)15-6-4-3-5-7-15/h3-7,12,14H,8-11,13H2,1-2H3,(H,20,25). The average molecular weight is 356 g/mol. The van der Waals surface area contributed by atoms with Crippen molar-refractivity contribution >= 4 is 11.8 Å². The van der Waals surface area contributed by atoms with E-state index in [-0.39, 0.29) is 17.9 Å². The number of nitrogens with one attached hydrogen (secondary N) is 1. The minimum atomic E-state index is -0.126. The molecule has 1 fully saturated rings. The molecule has 138 valence electrons. The van der Waals surface area contributed by atoms with Crippen LogP contribution >= 0.6 is 0 Å². The Bertz CT molecular complexity index is 750. The van der Waals surface area contributed by atoms with E-state index in [0.717, 1.165) is 5.69 Å². The molecule has 0 spiro atoms. The van der Waals surface area contributed by atoms with Crippen LogP contribution in [0.5, 0.6) is 0 Å². The number of hydrogen-bond acceptors (Lipinski definition) is 5. The van der Waals surface area contributed by atoms with Gasteiger partial charge in [0.05, 0.1) is 18.4 Å². The normalized spacial score (nSPS) is 15.3. The molecule has 1 aliphatic rings. The van der Waals surface area contributed by atoms with Crippen molar-refractivity contribution in [2.75, 3.05) is 32.7 Å². The molecular weight excluding hydrogens is 332 g/mol. The third kappa shape index (κ3) is 4.45. The molecule has 0 radical (unpaired) electrons. The van der Waals surface area contributed by atoms with Gasteiger partial charge in [-0.05, 0) is 26.0 Å². The minimum Gasteiger partial charge on any atom is -0.353 e. The summed E-state index contributed by atoms with van der Waals surface area (Å²) < 4.78 is 0. The number of para-hydroxylation sites is 1. The highest BCUT2D eigenvalue weighted by Crippen LogP contribution is 2.09.